The molecule has 0 unspecified atom stereocenters. The summed E-state index contributed by atoms with van der Waals surface area (Å²) in [4.78, 5) is 11.5. The van der Waals surface area contributed by atoms with Crippen LogP contribution in [-0.2, 0) is 11.3 Å². The number of rotatable bonds is 3. The van der Waals surface area contributed by atoms with Crippen molar-refractivity contribution < 1.29 is 9.90 Å². The molecule has 0 saturated carbocycles. The highest BCUT2D eigenvalue weighted by Gasteiger charge is 2.03. The third kappa shape index (κ3) is 2.57. The maximum Gasteiger partial charge on any atom is 0.246 e. The van der Waals surface area contributed by atoms with Gasteiger partial charge in [0.05, 0.1) is 6.20 Å². The summed E-state index contributed by atoms with van der Waals surface area (Å²) in [5, 5.41) is 19.0. The quantitative estimate of drug-likeness (QED) is 0.740. The van der Waals surface area contributed by atoms with E-state index in [2.05, 4.69) is 15.6 Å². The molecule has 1 aromatic heterocycles. The minimum absolute atomic E-state index is 0.112. The topological polar surface area (TPSA) is 80.0 Å². The van der Waals surface area contributed by atoms with Gasteiger partial charge in [-0.1, -0.05) is 5.21 Å². The number of hydrogen-bond donors (Lipinski definition) is 2. The lowest BCUT2D eigenvalue weighted by atomic mass is 10.3. The van der Waals surface area contributed by atoms with Crippen LogP contribution < -0.4 is 5.32 Å². The number of phenolic OH excluding ortho intramolecular Hbond substituents is 1. The predicted molar refractivity (Wildman–Crippen MR) is 56.8 cm³/mol. The van der Waals surface area contributed by atoms with Crippen molar-refractivity contribution in [2.24, 2.45) is 0 Å². The lowest BCUT2D eigenvalue weighted by Crippen LogP contribution is -2.19. The van der Waals surface area contributed by atoms with Crippen molar-refractivity contribution in [1.82, 2.24) is 15.0 Å². The van der Waals surface area contributed by atoms with Crippen LogP contribution in [0.5, 0.6) is 5.75 Å². The minimum Gasteiger partial charge on any atom is -0.508 e. The van der Waals surface area contributed by atoms with Crippen molar-refractivity contribution in [3.63, 3.8) is 0 Å². The second-order valence-corrected chi connectivity index (χ2v) is 3.20. The molecule has 6 heteroatoms. The Morgan fingerprint density at radius 3 is 2.75 bits per heavy atom. The first-order valence-electron chi connectivity index (χ1n) is 4.67. The van der Waals surface area contributed by atoms with Crippen LogP contribution >= 0.6 is 0 Å². The second-order valence-electron chi connectivity index (χ2n) is 3.20. The molecule has 2 N–H and O–H groups in total. The third-order valence-electron chi connectivity index (χ3n) is 1.93. The molecule has 0 bridgehead atoms. The van der Waals surface area contributed by atoms with E-state index in [1.165, 1.54) is 23.0 Å². The Bertz CT molecular complexity index is 464. The summed E-state index contributed by atoms with van der Waals surface area (Å²) >= 11 is 0. The zero-order valence-electron chi connectivity index (χ0n) is 8.37. The normalized spacial score (nSPS) is 10.0. The molecule has 0 aliphatic carbocycles. The van der Waals surface area contributed by atoms with Gasteiger partial charge in [0.15, 0.2) is 0 Å². The third-order valence-corrected chi connectivity index (χ3v) is 1.93. The molecule has 0 spiro atoms. The Morgan fingerprint density at radius 1 is 1.38 bits per heavy atom. The SMILES string of the molecule is O=C(Cn1ccnn1)Nc1ccc(O)cc1. The van der Waals surface area contributed by atoms with E-state index in [1.54, 1.807) is 18.3 Å². The van der Waals surface area contributed by atoms with Crippen molar-refractivity contribution >= 4 is 11.6 Å². The van der Waals surface area contributed by atoms with E-state index in [-0.39, 0.29) is 18.2 Å². The summed E-state index contributed by atoms with van der Waals surface area (Å²) in [5.74, 6) is -0.0366. The lowest BCUT2D eigenvalue weighted by molar-refractivity contribution is -0.116. The van der Waals surface area contributed by atoms with Gasteiger partial charge >= 0.3 is 0 Å². The van der Waals surface area contributed by atoms with Crippen molar-refractivity contribution in [2.45, 2.75) is 6.54 Å². The van der Waals surface area contributed by atoms with E-state index in [1.807, 2.05) is 0 Å². The van der Waals surface area contributed by atoms with Crippen LogP contribution in [0.25, 0.3) is 0 Å². The molecule has 2 rings (SSSR count). The van der Waals surface area contributed by atoms with Gasteiger partial charge in [-0.25, -0.2) is 4.68 Å². The Labute approximate surface area is 91.5 Å². The molecule has 2 aromatic rings. The molecule has 16 heavy (non-hydrogen) atoms. The molecular formula is C10H10N4O2. The summed E-state index contributed by atoms with van der Waals surface area (Å²) in [5.41, 5.74) is 0.628. The average Bonchev–Trinajstić information content (AvgIpc) is 2.74. The van der Waals surface area contributed by atoms with Crippen LogP contribution in [-0.4, -0.2) is 26.0 Å². The number of hydrogen-bond acceptors (Lipinski definition) is 4. The Morgan fingerprint density at radius 2 is 2.12 bits per heavy atom. The number of carbonyl (C=O) groups is 1. The first-order valence-corrected chi connectivity index (χ1v) is 4.67. The zero-order chi connectivity index (χ0) is 11.4. The summed E-state index contributed by atoms with van der Waals surface area (Å²) in [6, 6.07) is 6.25. The van der Waals surface area contributed by atoms with Gasteiger partial charge < -0.3 is 10.4 Å². The zero-order valence-corrected chi connectivity index (χ0v) is 8.37. The van der Waals surface area contributed by atoms with Crippen LogP contribution in [0.15, 0.2) is 36.7 Å². The van der Waals surface area contributed by atoms with Crippen molar-refractivity contribution in [1.29, 1.82) is 0 Å². The van der Waals surface area contributed by atoms with E-state index in [0.29, 0.717) is 5.69 Å². The molecular weight excluding hydrogens is 208 g/mol. The molecule has 1 aromatic carbocycles. The minimum atomic E-state index is -0.198. The molecule has 1 amide bonds. The van der Waals surface area contributed by atoms with Gasteiger partial charge in [0, 0.05) is 11.9 Å². The first kappa shape index (κ1) is 10.2. The summed E-state index contributed by atoms with van der Waals surface area (Å²) in [7, 11) is 0. The number of nitrogens with one attached hydrogen (secondary N) is 1. The van der Waals surface area contributed by atoms with Gasteiger partial charge in [0.2, 0.25) is 5.91 Å². The molecule has 82 valence electrons. The van der Waals surface area contributed by atoms with E-state index >= 15 is 0 Å². The number of nitrogens with zero attached hydrogens (tertiary/aromatic N) is 3. The van der Waals surface area contributed by atoms with Crippen LogP contribution in [0, 0.1) is 0 Å². The Hall–Kier alpha value is -2.37. The molecule has 0 atom stereocenters. The van der Waals surface area contributed by atoms with Crippen LogP contribution in [0.1, 0.15) is 0 Å². The fraction of sp³-hybridized carbons (Fsp3) is 0.100. The van der Waals surface area contributed by atoms with Crippen molar-refractivity contribution in [3.8, 4) is 5.75 Å². The lowest BCUT2D eigenvalue weighted by Gasteiger charge is -2.04. The maximum atomic E-state index is 11.5. The Kier molecular flexibility index (Phi) is 2.81. The highest BCUT2D eigenvalue weighted by Crippen LogP contribution is 2.13. The van der Waals surface area contributed by atoms with Crippen LogP contribution in [0.4, 0.5) is 5.69 Å². The second kappa shape index (κ2) is 4.43. The van der Waals surface area contributed by atoms with Crippen LogP contribution in [0.2, 0.25) is 0 Å². The molecule has 1 heterocycles. The number of aromatic hydroxyl groups is 1. The van der Waals surface area contributed by atoms with Gasteiger partial charge in [-0.05, 0) is 24.3 Å². The largest absolute Gasteiger partial charge is 0.508 e. The van der Waals surface area contributed by atoms with E-state index in [4.69, 9.17) is 5.11 Å². The number of phenols is 1. The fourth-order valence-electron chi connectivity index (χ4n) is 1.21. The highest BCUT2D eigenvalue weighted by molar-refractivity contribution is 5.90. The number of anilines is 1. The Balaban J connectivity index is 1.95. The van der Waals surface area contributed by atoms with Crippen molar-refractivity contribution in [2.75, 3.05) is 5.32 Å². The van der Waals surface area contributed by atoms with Gasteiger partial charge in [0.25, 0.3) is 0 Å². The highest BCUT2D eigenvalue weighted by atomic mass is 16.3. The average molecular weight is 218 g/mol. The van der Waals surface area contributed by atoms with Crippen LogP contribution in [0.3, 0.4) is 0 Å². The summed E-state index contributed by atoms with van der Waals surface area (Å²) in [6.45, 7) is 0.112. The standard InChI is InChI=1S/C10H10N4O2/c15-9-3-1-8(2-4-9)12-10(16)7-14-6-5-11-13-14/h1-6,15H,7H2,(H,12,16). The van der Waals surface area contributed by atoms with Gasteiger partial charge in [-0.15, -0.1) is 5.10 Å². The summed E-state index contributed by atoms with van der Waals surface area (Å²) in [6.07, 6.45) is 3.12. The van der Waals surface area contributed by atoms with E-state index < -0.39 is 0 Å². The maximum absolute atomic E-state index is 11.5. The van der Waals surface area contributed by atoms with Gasteiger partial charge in [0.1, 0.15) is 12.3 Å². The number of amides is 1. The fourth-order valence-corrected chi connectivity index (χ4v) is 1.21. The molecule has 0 aliphatic rings. The van der Waals surface area contributed by atoms with Gasteiger partial charge in [-0.2, -0.15) is 0 Å². The summed E-state index contributed by atoms with van der Waals surface area (Å²) < 4.78 is 1.43. The van der Waals surface area contributed by atoms with E-state index in [9.17, 15) is 4.79 Å². The van der Waals surface area contributed by atoms with Crippen molar-refractivity contribution in [3.05, 3.63) is 36.7 Å². The number of benzene rings is 1. The number of carbonyl (C=O) groups excluding carboxylic acids is 1. The molecule has 0 aliphatic heterocycles. The smallest absolute Gasteiger partial charge is 0.246 e. The predicted octanol–water partition coefficient (Wildman–Crippen LogP) is 0.622. The molecule has 0 saturated heterocycles. The molecule has 6 nitrogen and oxygen atoms in total. The molecule has 0 fully saturated rings. The monoisotopic (exact) mass is 218 g/mol. The van der Waals surface area contributed by atoms with Gasteiger partial charge in [-0.3, -0.25) is 4.79 Å². The number of aromatic nitrogens is 3. The molecule has 0 radical (unpaired) electrons. The first-order chi connectivity index (χ1) is 7.74. The van der Waals surface area contributed by atoms with E-state index in [0.717, 1.165) is 0 Å².